The number of fused-ring (bicyclic) bond motifs is 1. The first kappa shape index (κ1) is 61.6. The third-order valence-electron chi connectivity index (χ3n) is 11.9. The summed E-state index contributed by atoms with van der Waals surface area (Å²) in [6.45, 7) is 1.39. The first-order valence-corrected chi connectivity index (χ1v) is 26.0. The lowest BCUT2D eigenvalue weighted by Crippen LogP contribution is -2.60. The average Bonchev–Trinajstić information content (AvgIpc) is 3.80. The molecule has 4 rings (SSSR count). The second-order valence-electron chi connectivity index (χ2n) is 18.1. The zero-order valence-corrected chi connectivity index (χ0v) is 43.6. The molecule has 0 aliphatic heterocycles. The van der Waals surface area contributed by atoms with Crippen LogP contribution in [0, 0.1) is 0 Å². The van der Waals surface area contributed by atoms with Gasteiger partial charge in [-0.3, -0.25) is 53.1 Å². The normalized spacial score (nSPS) is 13.4. The fraction of sp³-hybridized carbons (Fsp3) is 0.388. The number of aromatic nitrogens is 1. The van der Waals surface area contributed by atoms with Gasteiger partial charge in [0.05, 0.1) is 4.90 Å². The molecule has 0 saturated heterocycles. The number of phenols is 1. The molecular formula is C49H69N17O11S. The lowest BCUT2D eigenvalue weighted by Gasteiger charge is -2.28. The zero-order chi connectivity index (χ0) is 57.5. The Hall–Kier alpha value is -8.99. The maximum atomic E-state index is 14.7. The quantitative estimate of drug-likeness (QED) is 0.0102. The highest BCUT2D eigenvalue weighted by molar-refractivity contribution is 7.85. The number of carbonyl (C=O) groups excluding carboxylic acids is 7. The molecule has 0 aliphatic carbocycles. The van der Waals surface area contributed by atoms with E-state index in [0.29, 0.717) is 11.1 Å². The summed E-state index contributed by atoms with van der Waals surface area (Å²) in [5.74, 6) is -6.63. The number of para-hydroxylation sites is 1. The molecule has 0 bridgehead atoms. The molecule has 3 aromatic carbocycles. The van der Waals surface area contributed by atoms with Gasteiger partial charge in [0.2, 0.25) is 41.4 Å². The lowest BCUT2D eigenvalue weighted by atomic mass is 10.0. The number of phenolic OH excluding ortho intramolecular Hbond substituents is 1. The number of benzene rings is 3. The van der Waals surface area contributed by atoms with Crippen molar-refractivity contribution in [1.82, 2.24) is 36.9 Å². The highest BCUT2D eigenvalue weighted by Crippen LogP contribution is 2.20. The van der Waals surface area contributed by atoms with Crippen LogP contribution in [-0.2, 0) is 62.9 Å². The number of hydrogen-bond acceptors (Lipinski definition) is 13. The molecule has 1 heterocycles. The third kappa shape index (κ3) is 21.0. The molecule has 422 valence electrons. The van der Waals surface area contributed by atoms with Crippen molar-refractivity contribution in [2.45, 2.75) is 106 Å². The number of aromatic amines is 1. The summed E-state index contributed by atoms with van der Waals surface area (Å²) in [5, 5.41) is 26.7. The number of carbonyl (C=O) groups is 7. The van der Waals surface area contributed by atoms with Gasteiger partial charge < -0.3 is 82.1 Å². The van der Waals surface area contributed by atoms with Crippen LogP contribution in [0.25, 0.3) is 10.9 Å². The maximum absolute atomic E-state index is 14.7. The van der Waals surface area contributed by atoms with Gasteiger partial charge in [-0.2, -0.15) is 8.42 Å². The van der Waals surface area contributed by atoms with Gasteiger partial charge in [-0.15, -0.1) is 0 Å². The number of primary amides is 1. The summed E-state index contributed by atoms with van der Waals surface area (Å²) in [6.07, 6.45) is 1.37. The van der Waals surface area contributed by atoms with Gasteiger partial charge in [-0.25, -0.2) is 0 Å². The van der Waals surface area contributed by atoms with Gasteiger partial charge in [-0.05, 0) is 85.5 Å². The van der Waals surface area contributed by atoms with Gasteiger partial charge in [0.25, 0.3) is 10.1 Å². The Kier molecular flexibility index (Phi) is 23.6. The molecule has 6 atom stereocenters. The number of nitrogens with zero attached hydrogens (tertiary/aromatic N) is 3. The molecule has 4 aromatic rings. The van der Waals surface area contributed by atoms with Crippen LogP contribution in [0.2, 0.25) is 0 Å². The van der Waals surface area contributed by atoms with Crippen molar-refractivity contribution in [1.29, 1.82) is 0 Å². The standard InChI is InChI=1S/C49H69N17O11S/c1-27(67)61-36(10-5-21-58-48(53)54)42(70)64-39(24-29-14-18-32(19-15-29)78(75,76)77)45(73)65-38(23-28-12-16-31(68)17-13-28)44(72)63-37(11-6-22-59-49(55)56)43(71)66-40(25-30-26-60-34-8-3-2-7-33(30)34)46(74)62-35(41(50)69)9-4-20-57-47(51)52/h2-3,7-8,12-19,26,35-40,60,68H,4-6,9-11,20-25H2,1H3,(H2,50,69)(H,61,67)(H,62,74)(H,63,72)(H,64,70)(H,65,73)(H,66,71)(H4,51,52,57)(H4,53,54,58)(H4,55,56,59)(H,75,76,77)/t35-,36-,37-,38-,39-,40-/m0/s1. The molecule has 28 nitrogen and oxygen atoms in total. The summed E-state index contributed by atoms with van der Waals surface area (Å²) in [5.41, 5.74) is 40.6. The molecule has 0 spiro atoms. The molecule has 0 unspecified atom stereocenters. The number of aromatic hydroxyl groups is 1. The minimum atomic E-state index is -4.62. The Labute approximate surface area is 449 Å². The number of nitrogens with two attached hydrogens (primary N) is 7. The van der Waals surface area contributed by atoms with Crippen LogP contribution < -0.4 is 72.0 Å². The molecule has 0 fully saturated rings. The van der Waals surface area contributed by atoms with Crippen LogP contribution in [0.15, 0.2) is 98.9 Å². The first-order chi connectivity index (χ1) is 36.9. The van der Waals surface area contributed by atoms with Crippen molar-refractivity contribution in [3.8, 4) is 5.75 Å². The minimum Gasteiger partial charge on any atom is -0.508 e. The third-order valence-corrected chi connectivity index (χ3v) is 12.7. The highest BCUT2D eigenvalue weighted by atomic mass is 32.2. The second-order valence-corrected chi connectivity index (χ2v) is 19.5. The highest BCUT2D eigenvalue weighted by Gasteiger charge is 2.34. The first-order valence-electron chi connectivity index (χ1n) is 24.5. The number of hydrogen-bond donors (Lipinski definition) is 16. The van der Waals surface area contributed by atoms with Gasteiger partial charge in [0.15, 0.2) is 17.9 Å². The molecule has 0 aliphatic rings. The number of guanidine groups is 3. The molecule has 0 radical (unpaired) electrons. The molecule has 23 N–H and O–H groups in total. The van der Waals surface area contributed by atoms with E-state index in [2.05, 4.69) is 51.9 Å². The van der Waals surface area contributed by atoms with E-state index < -0.39 is 92.6 Å². The Morgan fingerprint density at radius 2 is 0.910 bits per heavy atom. The van der Waals surface area contributed by atoms with Crippen LogP contribution in [0.3, 0.4) is 0 Å². The van der Waals surface area contributed by atoms with Gasteiger partial charge >= 0.3 is 0 Å². The van der Waals surface area contributed by atoms with Crippen LogP contribution in [-0.4, -0.2) is 138 Å². The summed E-state index contributed by atoms with van der Waals surface area (Å²) >= 11 is 0. The van der Waals surface area contributed by atoms with Crippen molar-refractivity contribution >= 4 is 80.2 Å². The van der Waals surface area contributed by atoms with E-state index in [9.17, 15) is 51.6 Å². The summed E-state index contributed by atoms with van der Waals surface area (Å²) < 4.78 is 33.3. The number of rotatable bonds is 31. The van der Waals surface area contributed by atoms with Crippen molar-refractivity contribution in [3.05, 3.63) is 95.7 Å². The average molecular weight is 1100 g/mol. The zero-order valence-electron chi connectivity index (χ0n) is 42.8. The lowest BCUT2D eigenvalue weighted by molar-refractivity contribution is -0.135. The summed E-state index contributed by atoms with van der Waals surface area (Å²) in [7, 11) is -4.62. The Morgan fingerprint density at radius 1 is 0.526 bits per heavy atom. The number of nitrogens with one attached hydrogen (secondary N) is 7. The van der Waals surface area contributed by atoms with Crippen LogP contribution in [0.4, 0.5) is 0 Å². The van der Waals surface area contributed by atoms with Gasteiger partial charge in [0, 0.05) is 62.9 Å². The number of aliphatic imine (C=N–C) groups is 3. The van der Waals surface area contributed by atoms with Crippen LogP contribution in [0.1, 0.15) is 62.1 Å². The topological polar surface area (TPSA) is 501 Å². The minimum absolute atomic E-state index is 0.00455. The molecule has 29 heteroatoms. The Bertz CT molecular complexity index is 2920. The second kappa shape index (κ2) is 29.9. The van der Waals surface area contributed by atoms with E-state index in [-0.39, 0.29) is 107 Å². The van der Waals surface area contributed by atoms with E-state index in [1.165, 1.54) is 43.3 Å². The summed E-state index contributed by atoms with van der Waals surface area (Å²) in [4.78, 5) is 112. The summed E-state index contributed by atoms with van der Waals surface area (Å²) in [6, 6.07) is 9.16. The molecule has 0 saturated carbocycles. The van der Waals surface area contributed by atoms with Crippen LogP contribution in [0.5, 0.6) is 5.75 Å². The Balaban J connectivity index is 1.73. The van der Waals surface area contributed by atoms with Crippen LogP contribution >= 0.6 is 0 Å². The molecule has 78 heavy (non-hydrogen) atoms. The van der Waals surface area contributed by atoms with Crippen molar-refractivity contribution < 1.29 is 51.6 Å². The predicted molar refractivity (Wildman–Crippen MR) is 290 cm³/mol. The van der Waals surface area contributed by atoms with E-state index >= 15 is 0 Å². The van der Waals surface area contributed by atoms with Crippen molar-refractivity contribution in [3.63, 3.8) is 0 Å². The fourth-order valence-corrected chi connectivity index (χ4v) is 8.47. The van der Waals surface area contributed by atoms with Gasteiger partial charge in [0.1, 0.15) is 42.0 Å². The smallest absolute Gasteiger partial charge is 0.294 e. The van der Waals surface area contributed by atoms with E-state index in [0.717, 1.165) is 23.0 Å². The van der Waals surface area contributed by atoms with Crippen molar-refractivity contribution in [2.24, 2.45) is 55.1 Å². The fourth-order valence-electron chi connectivity index (χ4n) is 7.99. The predicted octanol–water partition coefficient (Wildman–Crippen LogP) is -3.28. The number of H-pyrrole nitrogens is 1. The van der Waals surface area contributed by atoms with E-state index in [1.54, 1.807) is 24.4 Å². The maximum Gasteiger partial charge on any atom is 0.294 e. The number of amides is 7. The SMILES string of the molecule is CC(=O)N[C@@H](CCCN=C(N)N)C(=O)N[C@@H](Cc1ccc(S(=O)(=O)O)cc1)C(=O)N[C@@H](Cc1ccc(O)cc1)C(=O)N[C@@H](CCCN=C(N)N)C(=O)N[C@@H](Cc1c[nH]c2ccccc12)C(=O)N[C@@H](CCCN=C(N)N)C(N)=O. The van der Waals surface area contributed by atoms with Crippen molar-refractivity contribution in [2.75, 3.05) is 19.6 Å². The van der Waals surface area contributed by atoms with E-state index in [1.807, 2.05) is 6.07 Å². The van der Waals surface area contributed by atoms with E-state index in [4.69, 9.17) is 40.1 Å². The monoisotopic (exact) mass is 1100 g/mol. The largest absolute Gasteiger partial charge is 0.508 e. The molecule has 1 aromatic heterocycles. The molecular weight excluding hydrogens is 1030 g/mol. The Morgan fingerprint density at radius 3 is 1.35 bits per heavy atom. The van der Waals surface area contributed by atoms with Gasteiger partial charge in [-0.1, -0.05) is 42.5 Å². The molecule has 7 amide bonds.